The van der Waals surface area contributed by atoms with Gasteiger partial charge in [-0.25, -0.2) is 0 Å². The number of rotatable bonds is 8. The Bertz CT molecular complexity index is 942. The standard InChI is InChI=1S/C25H34ClN5O2/c1-5-19(4)31(24(32)16-18(2)3)17-25(33)30-14-12-29(13-15-30)23-11-10-22(27-28-23)20-8-6-7-9-21(20)26/h6-11,18-19H,5,12-17H2,1-4H3/t19-/m1/s1. The molecule has 2 aromatic rings. The first kappa shape index (κ1) is 25.0. The summed E-state index contributed by atoms with van der Waals surface area (Å²) in [5, 5.41) is 9.38. The predicted octanol–water partition coefficient (Wildman–Crippen LogP) is 4.12. The second-order valence-corrected chi connectivity index (χ2v) is 9.41. The number of piperazine rings is 1. The van der Waals surface area contributed by atoms with E-state index in [2.05, 4.69) is 15.1 Å². The van der Waals surface area contributed by atoms with Crippen LogP contribution < -0.4 is 4.90 Å². The second kappa shape index (κ2) is 11.5. The number of nitrogens with zero attached hydrogens (tertiary/aromatic N) is 5. The Hall–Kier alpha value is -2.67. The molecule has 1 saturated heterocycles. The van der Waals surface area contributed by atoms with Gasteiger partial charge in [0.1, 0.15) is 0 Å². The van der Waals surface area contributed by atoms with Gasteiger partial charge in [0, 0.05) is 44.2 Å². The van der Waals surface area contributed by atoms with Crippen LogP contribution in [0.4, 0.5) is 5.82 Å². The number of carbonyl (C=O) groups is 2. The van der Waals surface area contributed by atoms with Gasteiger partial charge in [0.25, 0.3) is 0 Å². The molecule has 0 saturated carbocycles. The first-order chi connectivity index (χ1) is 15.8. The molecule has 178 valence electrons. The molecule has 1 aromatic heterocycles. The molecule has 0 radical (unpaired) electrons. The molecule has 0 N–H and O–H groups in total. The molecule has 1 aliphatic heterocycles. The maximum Gasteiger partial charge on any atom is 0.242 e. The van der Waals surface area contributed by atoms with Crippen LogP contribution >= 0.6 is 11.6 Å². The fourth-order valence-electron chi connectivity index (χ4n) is 3.91. The topological polar surface area (TPSA) is 69.6 Å². The summed E-state index contributed by atoms with van der Waals surface area (Å²) in [6.45, 7) is 10.8. The third-order valence-electron chi connectivity index (χ3n) is 6.09. The predicted molar refractivity (Wildman–Crippen MR) is 132 cm³/mol. The zero-order valence-electron chi connectivity index (χ0n) is 20.0. The lowest BCUT2D eigenvalue weighted by Crippen LogP contribution is -2.53. The summed E-state index contributed by atoms with van der Waals surface area (Å²) in [6.07, 6.45) is 1.29. The number of carbonyl (C=O) groups excluding carboxylic acids is 2. The zero-order chi connectivity index (χ0) is 24.0. The number of amides is 2. The molecule has 1 atom stereocenters. The summed E-state index contributed by atoms with van der Waals surface area (Å²) < 4.78 is 0. The molecule has 0 spiro atoms. The number of hydrogen-bond acceptors (Lipinski definition) is 5. The molecule has 7 nitrogen and oxygen atoms in total. The summed E-state index contributed by atoms with van der Waals surface area (Å²) in [7, 11) is 0. The van der Waals surface area contributed by atoms with Gasteiger partial charge in [-0.05, 0) is 37.5 Å². The van der Waals surface area contributed by atoms with Crippen LogP contribution in [0.1, 0.15) is 40.5 Å². The molecular weight excluding hydrogens is 438 g/mol. The van der Waals surface area contributed by atoms with E-state index in [1.54, 1.807) is 4.90 Å². The van der Waals surface area contributed by atoms with Gasteiger partial charge >= 0.3 is 0 Å². The molecule has 0 unspecified atom stereocenters. The molecule has 8 heteroatoms. The van der Waals surface area contributed by atoms with Crippen molar-refractivity contribution in [3.05, 3.63) is 41.4 Å². The molecule has 0 bridgehead atoms. The lowest BCUT2D eigenvalue weighted by molar-refractivity contribution is -0.143. The van der Waals surface area contributed by atoms with Gasteiger partial charge in [-0.15, -0.1) is 10.2 Å². The molecule has 1 aromatic carbocycles. The molecule has 3 rings (SSSR count). The first-order valence-electron chi connectivity index (χ1n) is 11.7. The highest BCUT2D eigenvalue weighted by Crippen LogP contribution is 2.26. The van der Waals surface area contributed by atoms with Crippen molar-refractivity contribution in [2.75, 3.05) is 37.6 Å². The zero-order valence-corrected chi connectivity index (χ0v) is 20.8. The maximum atomic E-state index is 13.0. The van der Waals surface area contributed by atoms with E-state index in [4.69, 9.17) is 11.6 Å². The second-order valence-electron chi connectivity index (χ2n) is 9.00. The number of benzene rings is 1. The highest BCUT2D eigenvalue weighted by atomic mass is 35.5. The van der Waals surface area contributed by atoms with Gasteiger partial charge in [-0.3, -0.25) is 9.59 Å². The summed E-state index contributed by atoms with van der Waals surface area (Å²) in [5.74, 6) is 1.12. The highest BCUT2D eigenvalue weighted by Gasteiger charge is 2.27. The fourth-order valence-corrected chi connectivity index (χ4v) is 4.15. The molecule has 1 fully saturated rings. The van der Waals surface area contributed by atoms with Crippen molar-refractivity contribution in [3.8, 4) is 11.3 Å². The van der Waals surface area contributed by atoms with Crippen LogP contribution in [0.15, 0.2) is 36.4 Å². The highest BCUT2D eigenvalue weighted by molar-refractivity contribution is 6.33. The van der Waals surface area contributed by atoms with Gasteiger partial charge in [-0.1, -0.05) is 50.6 Å². The number of hydrogen-bond donors (Lipinski definition) is 0. The Kier molecular flexibility index (Phi) is 8.67. The van der Waals surface area contributed by atoms with Crippen LogP contribution in [-0.4, -0.2) is 70.6 Å². The van der Waals surface area contributed by atoms with Crippen molar-refractivity contribution in [1.82, 2.24) is 20.0 Å². The average Bonchev–Trinajstić information content (AvgIpc) is 2.82. The van der Waals surface area contributed by atoms with E-state index >= 15 is 0 Å². The lowest BCUT2D eigenvalue weighted by Gasteiger charge is -2.37. The molecule has 2 heterocycles. The Balaban J connectivity index is 1.58. The molecule has 33 heavy (non-hydrogen) atoms. The van der Waals surface area contributed by atoms with E-state index in [0.717, 1.165) is 23.5 Å². The van der Waals surface area contributed by atoms with E-state index in [-0.39, 0.29) is 30.3 Å². The van der Waals surface area contributed by atoms with Crippen LogP contribution in [0.5, 0.6) is 0 Å². The van der Waals surface area contributed by atoms with Crippen molar-refractivity contribution >= 4 is 29.2 Å². The minimum atomic E-state index is 0.00667. The SMILES string of the molecule is CC[C@@H](C)N(CC(=O)N1CCN(c2ccc(-c3ccccc3Cl)nn2)CC1)C(=O)CC(C)C. The van der Waals surface area contributed by atoms with E-state index in [9.17, 15) is 9.59 Å². The quantitative estimate of drug-likeness (QED) is 0.579. The van der Waals surface area contributed by atoms with Crippen molar-refractivity contribution < 1.29 is 9.59 Å². The minimum Gasteiger partial charge on any atom is -0.352 e. The van der Waals surface area contributed by atoms with Crippen molar-refractivity contribution in [1.29, 1.82) is 0 Å². The van der Waals surface area contributed by atoms with Crippen LogP contribution in [0.2, 0.25) is 5.02 Å². The Morgan fingerprint density at radius 2 is 1.73 bits per heavy atom. The third-order valence-corrected chi connectivity index (χ3v) is 6.42. The monoisotopic (exact) mass is 471 g/mol. The summed E-state index contributed by atoms with van der Waals surface area (Å²) in [6, 6.07) is 11.5. The van der Waals surface area contributed by atoms with Crippen molar-refractivity contribution in [2.24, 2.45) is 5.92 Å². The Morgan fingerprint density at radius 3 is 2.30 bits per heavy atom. The smallest absolute Gasteiger partial charge is 0.242 e. The average molecular weight is 472 g/mol. The number of halogens is 1. The van der Waals surface area contributed by atoms with Crippen molar-refractivity contribution in [2.45, 2.75) is 46.6 Å². The molecule has 0 aliphatic carbocycles. The van der Waals surface area contributed by atoms with E-state index in [1.165, 1.54) is 0 Å². The largest absolute Gasteiger partial charge is 0.352 e. The Labute approximate surface area is 201 Å². The molecular formula is C25H34ClN5O2. The van der Waals surface area contributed by atoms with E-state index < -0.39 is 0 Å². The van der Waals surface area contributed by atoms with Crippen molar-refractivity contribution in [3.63, 3.8) is 0 Å². The molecule has 1 aliphatic rings. The van der Waals surface area contributed by atoms with Gasteiger partial charge in [0.2, 0.25) is 11.8 Å². The summed E-state index contributed by atoms with van der Waals surface area (Å²) in [4.78, 5) is 31.4. The van der Waals surface area contributed by atoms with Crippen LogP contribution in [0.25, 0.3) is 11.3 Å². The van der Waals surface area contributed by atoms with Crippen LogP contribution in [-0.2, 0) is 9.59 Å². The van der Waals surface area contributed by atoms with Gasteiger partial charge < -0.3 is 14.7 Å². The van der Waals surface area contributed by atoms with Gasteiger partial charge in [0.05, 0.1) is 17.3 Å². The van der Waals surface area contributed by atoms with E-state index in [1.807, 2.05) is 69.0 Å². The minimum absolute atomic E-state index is 0.00667. The number of aromatic nitrogens is 2. The molecule has 2 amide bonds. The normalized spacial score (nSPS) is 15.0. The van der Waals surface area contributed by atoms with Crippen LogP contribution in [0, 0.1) is 5.92 Å². The third kappa shape index (κ3) is 6.44. The van der Waals surface area contributed by atoms with Gasteiger partial charge in [-0.2, -0.15) is 0 Å². The lowest BCUT2D eigenvalue weighted by atomic mass is 10.1. The fraction of sp³-hybridized carbons (Fsp3) is 0.520. The summed E-state index contributed by atoms with van der Waals surface area (Å²) in [5.41, 5.74) is 1.58. The van der Waals surface area contributed by atoms with Crippen LogP contribution in [0.3, 0.4) is 0 Å². The van der Waals surface area contributed by atoms with Gasteiger partial charge in [0.15, 0.2) is 5.82 Å². The first-order valence-corrected chi connectivity index (χ1v) is 12.1. The Morgan fingerprint density at radius 1 is 1.03 bits per heavy atom. The van der Waals surface area contributed by atoms with E-state index in [0.29, 0.717) is 37.6 Å². The number of anilines is 1. The maximum absolute atomic E-state index is 13.0. The summed E-state index contributed by atoms with van der Waals surface area (Å²) >= 11 is 6.26.